The van der Waals surface area contributed by atoms with E-state index in [9.17, 15) is 4.39 Å². The number of hydrogen-bond acceptors (Lipinski definition) is 5. The molecule has 7 heteroatoms. The lowest BCUT2D eigenvalue weighted by molar-refractivity contribution is 0.261. The predicted molar refractivity (Wildman–Crippen MR) is 142 cm³/mol. The fourth-order valence-corrected chi connectivity index (χ4v) is 4.52. The summed E-state index contributed by atoms with van der Waals surface area (Å²) >= 11 is 6.24. The zero-order chi connectivity index (χ0) is 24.8. The van der Waals surface area contributed by atoms with E-state index in [0.717, 1.165) is 65.7 Å². The fraction of sp³-hybridized carbons (Fsp3) is 0.321. The average Bonchev–Trinajstić information content (AvgIpc) is 2.86. The smallest absolute Gasteiger partial charge is 0.127 e. The van der Waals surface area contributed by atoms with Crippen LogP contribution in [0.5, 0.6) is 11.5 Å². The molecule has 0 saturated heterocycles. The van der Waals surface area contributed by atoms with E-state index < -0.39 is 0 Å². The molecule has 5 nitrogen and oxygen atoms in total. The maximum Gasteiger partial charge on any atom is 0.127 e. The SMILES string of the molecule is CCCN(CCCNc1c2ccc(Cl)cc2nc2ccc(OC)cc12)Cc1cc(OC)ccc1F. The molecule has 0 radical (unpaired) electrons. The van der Waals surface area contributed by atoms with E-state index in [1.807, 2.05) is 36.4 Å². The summed E-state index contributed by atoms with van der Waals surface area (Å²) in [6.45, 7) is 5.19. The van der Waals surface area contributed by atoms with Gasteiger partial charge in [-0.15, -0.1) is 0 Å². The number of pyridine rings is 1. The van der Waals surface area contributed by atoms with Crippen molar-refractivity contribution in [2.24, 2.45) is 0 Å². The molecule has 0 aliphatic carbocycles. The van der Waals surface area contributed by atoms with Crippen molar-refractivity contribution < 1.29 is 13.9 Å². The van der Waals surface area contributed by atoms with Gasteiger partial charge in [-0.05, 0) is 74.0 Å². The van der Waals surface area contributed by atoms with Crippen molar-refractivity contribution in [3.63, 3.8) is 0 Å². The highest BCUT2D eigenvalue weighted by Crippen LogP contribution is 2.34. The van der Waals surface area contributed by atoms with Gasteiger partial charge in [0, 0.05) is 41.0 Å². The molecule has 1 aromatic heterocycles. The van der Waals surface area contributed by atoms with Gasteiger partial charge in [0.2, 0.25) is 0 Å². The van der Waals surface area contributed by atoms with Crippen molar-refractivity contribution in [2.75, 3.05) is 39.2 Å². The Morgan fingerprint density at radius 1 is 0.914 bits per heavy atom. The Kier molecular flexibility index (Phi) is 8.26. The Morgan fingerprint density at radius 3 is 2.46 bits per heavy atom. The summed E-state index contributed by atoms with van der Waals surface area (Å²) in [6, 6.07) is 16.6. The van der Waals surface area contributed by atoms with Gasteiger partial charge in [-0.25, -0.2) is 9.37 Å². The normalized spacial score (nSPS) is 11.4. The Hall–Kier alpha value is -3.09. The lowest BCUT2D eigenvalue weighted by Gasteiger charge is -2.23. The first-order valence-corrected chi connectivity index (χ1v) is 12.3. The van der Waals surface area contributed by atoms with Crippen LogP contribution >= 0.6 is 11.6 Å². The third-order valence-electron chi connectivity index (χ3n) is 6.08. The molecule has 4 rings (SSSR count). The van der Waals surface area contributed by atoms with Crippen LogP contribution in [0.25, 0.3) is 21.8 Å². The van der Waals surface area contributed by atoms with Gasteiger partial charge in [0.05, 0.1) is 30.9 Å². The van der Waals surface area contributed by atoms with Gasteiger partial charge < -0.3 is 14.8 Å². The maximum absolute atomic E-state index is 14.4. The second kappa shape index (κ2) is 11.6. The van der Waals surface area contributed by atoms with Crippen molar-refractivity contribution in [1.29, 1.82) is 0 Å². The number of hydrogen-bond donors (Lipinski definition) is 1. The molecule has 0 saturated carbocycles. The lowest BCUT2D eigenvalue weighted by Crippen LogP contribution is -2.27. The molecule has 0 spiro atoms. The summed E-state index contributed by atoms with van der Waals surface area (Å²) in [4.78, 5) is 7.07. The number of rotatable bonds is 11. The van der Waals surface area contributed by atoms with Crippen LogP contribution < -0.4 is 14.8 Å². The van der Waals surface area contributed by atoms with E-state index in [1.54, 1.807) is 26.4 Å². The van der Waals surface area contributed by atoms with Crippen LogP contribution in [0.15, 0.2) is 54.6 Å². The third-order valence-corrected chi connectivity index (χ3v) is 6.32. The van der Waals surface area contributed by atoms with E-state index in [1.165, 1.54) is 6.07 Å². The molecule has 0 atom stereocenters. The van der Waals surface area contributed by atoms with Crippen molar-refractivity contribution in [3.05, 3.63) is 71.0 Å². The molecule has 1 heterocycles. The molecule has 184 valence electrons. The van der Waals surface area contributed by atoms with Crippen molar-refractivity contribution in [2.45, 2.75) is 26.3 Å². The molecule has 4 aromatic rings. The Morgan fingerprint density at radius 2 is 1.69 bits per heavy atom. The molecule has 0 amide bonds. The molecular formula is C28H31ClFN3O2. The molecule has 35 heavy (non-hydrogen) atoms. The van der Waals surface area contributed by atoms with Crippen molar-refractivity contribution in [1.82, 2.24) is 9.88 Å². The first-order valence-electron chi connectivity index (χ1n) is 11.9. The minimum absolute atomic E-state index is 0.202. The molecule has 1 N–H and O–H groups in total. The number of fused-ring (bicyclic) bond motifs is 2. The number of halogens is 2. The molecule has 3 aromatic carbocycles. The zero-order valence-corrected chi connectivity index (χ0v) is 21.2. The number of nitrogens with zero attached hydrogens (tertiary/aromatic N) is 2. The number of methoxy groups -OCH3 is 2. The molecule has 0 aliphatic rings. The summed E-state index contributed by atoms with van der Waals surface area (Å²) in [6.07, 6.45) is 1.90. The largest absolute Gasteiger partial charge is 0.497 e. The van der Waals surface area contributed by atoms with Gasteiger partial charge in [-0.3, -0.25) is 4.90 Å². The summed E-state index contributed by atoms with van der Waals surface area (Å²) < 4.78 is 25.1. The number of ether oxygens (including phenoxy) is 2. The fourth-order valence-electron chi connectivity index (χ4n) is 4.36. The van der Waals surface area contributed by atoms with Crippen LogP contribution in [0.3, 0.4) is 0 Å². The van der Waals surface area contributed by atoms with Crippen LogP contribution in [0, 0.1) is 5.82 Å². The summed E-state index contributed by atoms with van der Waals surface area (Å²) in [7, 11) is 3.26. The van der Waals surface area contributed by atoms with E-state index in [2.05, 4.69) is 17.1 Å². The predicted octanol–water partition coefficient (Wildman–Crippen LogP) is 6.91. The number of aromatic nitrogens is 1. The number of anilines is 1. The third kappa shape index (κ3) is 5.95. The van der Waals surface area contributed by atoms with Crippen molar-refractivity contribution in [3.8, 4) is 11.5 Å². The summed E-state index contributed by atoms with van der Waals surface area (Å²) in [5.74, 6) is 1.25. The highest BCUT2D eigenvalue weighted by Gasteiger charge is 2.13. The van der Waals surface area contributed by atoms with Crippen LogP contribution in [-0.4, -0.2) is 43.7 Å². The van der Waals surface area contributed by atoms with Gasteiger partial charge >= 0.3 is 0 Å². The first kappa shape index (κ1) is 25.0. The van der Waals surface area contributed by atoms with E-state index in [4.69, 9.17) is 26.1 Å². The van der Waals surface area contributed by atoms with Gasteiger partial charge in [0.15, 0.2) is 0 Å². The molecule has 0 fully saturated rings. The number of benzene rings is 3. The van der Waals surface area contributed by atoms with E-state index in [0.29, 0.717) is 22.9 Å². The van der Waals surface area contributed by atoms with Crippen molar-refractivity contribution >= 4 is 39.1 Å². The van der Waals surface area contributed by atoms with Crippen LogP contribution in [0.4, 0.5) is 10.1 Å². The van der Waals surface area contributed by atoms with Crippen LogP contribution in [0.1, 0.15) is 25.3 Å². The minimum atomic E-state index is -0.202. The monoisotopic (exact) mass is 495 g/mol. The molecular weight excluding hydrogens is 465 g/mol. The van der Waals surface area contributed by atoms with Gasteiger partial charge in [-0.1, -0.05) is 18.5 Å². The lowest BCUT2D eigenvalue weighted by atomic mass is 10.1. The maximum atomic E-state index is 14.4. The Balaban J connectivity index is 1.51. The topological polar surface area (TPSA) is 46.6 Å². The Bertz CT molecular complexity index is 1310. The highest BCUT2D eigenvalue weighted by molar-refractivity contribution is 6.31. The van der Waals surface area contributed by atoms with E-state index >= 15 is 0 Å². The molecule has 0 unspecified atom stereocenters. The summed E-state index contributed by atoms with van der Waals surface area (Å²) in [5.41, 5.74) is 3.39. The molecule has 0 bridgehead atoms. The second-order valence-electron chi connectivity index (χ2n) is 8.55. The second-order valence-corrected chi connectivity index (χ2v) is 8.98. The average molecular weight is 496 g/mol. The molecule has 0 aliphatic heterocycles. The quantitative estimate of drug-likeness (QED) is 0.181. The van der Waals surface area contributed by atoms with Gasteiger partial charge in [0.1, 0.15) is 17.3 Å². The number of nitrogens with one attached hydrogen (secondary N) is 1. The van der Waals surface area contributed by atoms with Gasteiger partial charge in [-0.2, -0.15) is 0 Å². The standard InChI is InChI=1S/C28H31ClFN3O2/c1-4-13-33(18-19-15-21(34-2)7-10-25(19)30)14-5-12-31-28-23-9-6-20(29)16-27(23)32-26-11-8-22(35-3)17-24(26)28/h6-11,15-17H,4-5,12-14,18H2,1-3H3,(H,31,32). The Labute approximate surface area is 210 Å². The first-order chi connectivity index (χ1) is 17.0. The van der Waals surface area contributed by atoms with Crippen LogP contribution in [-0.2, 0) is 6.54 Å². The van der Waals surface area contributed by atoms with Crippen LogP contribution in [0.2, 0.25) is 5.02 Å². The minimum Gasteiger partial charge on any atom is -0.497 e. The summed E-state index contributed by atoms with van der Waals surface area (Å²) in [5, 5.41) is 6.31. The zero-order valence-electron chi connectivity index (χ0n) is 20.4. The van der Waals surface area contributed by atoms with E-state index in [-0.39, 0.29) is 5.82 Å². The highest BCUT2D eigenvalue weighted by atomic mass is 35.5. The van der Waals surface area contributed by atoms with Gasteiger partial charge in [0.25, 0.3) is 0 Å².